The van der Waals surface area contributed by atoms with E-state index < -0.39 is 5.97 Å². The van der Waals surface area contributed by atoms with E-state index in [1.54, 1.807) is 43.3 Å². The molecule has 1 heterocycles. The maximum atomic E-state index is 11.2. The molecule has 122 valence electrons. The van der Waals surface area contributed by atoms with Crippen LogP contribution in [-0.2, 0) is 9.53 Å². The highest BCUT2D eigenvalue weighted by molar-refractivity contribution is 7.17. The van der Waals surface area contributed by atoms with Crippen molar-refractivity contribution in [2.75, 3.05) is 13.2 Å². The number of thiophene rings is 1. The Kier molecular flexibility index (Phi) is 6.23. The van der Waals surface area contributed by atoms with Gasteiger partial charge < -0.3 is 9.47 Å². The Labute approximate surface area is 143 Å². The summed E-state index contributed by atoms with van der Waals surface area (Å²) in [4.78, 5) is 11.2. The van der Waals surface area contributed by atoms with Crippen molar-refractivity contribution in [3.05, 3.63) is 54.1 Å². The number of azo groups is 1. The van der Waals surface area contributed by atoms with Gasteiger partial charge in [0.1, 0.15) is 18.2 Å². The van der Waals surface area contributed by atoms with Crippen LogP contribution in [0.15, 0.2) is 58.8 Å². The van der Waals surface area contributed by atoms with Gasteiger partial charge in [-0.05, 0) is 43.3 Å². The second kappa shape index (κ2) is 8.60. The second-order valence-electron chi connectivity index (χ2n) is 4.72. The summed E-state index contributed by atoms with van der Waals surface area (Å²) >= 11 is 1.33. The van der Waals surface area contributed by atoms with Gasteiger partial charge in [0, 0.05) is 5.57 Å². The van der Waals surface area contributed by atoms with E-state index in [-0.39, 0.29) is 13.2 Å². The number of benzene rings is 1. The van der Waals surface area contributed by atoms with Crippen LogP contribution in [0.3, 0.4) is 0 Å². The van der Waals surface area contributed by atoms with Gasteiger partial charge in [-0.2, -0.15) is 5.26 Å². The molecule has 0 amide bonds. The third-order valence-electron chi connectivity index (χ3n) is 2.74. The van der Waals surface area contributed by atoms with Gasteiger partial charge in [0.2, 0.25) is 0 Å². The van der Waals surface area contributed by atoms with Crippen molar-refractivity contribution in [1.82, 2.24) is 0 Å². The Hall–Kier alpha value is -2.98. The van der Waals surface area contributed by atoms with Crippen LogP contribution in [0, 0.1) is 11.3 Å². The van der Waals surface area contributed by atoms with E-state index in [0.29, 0.717) is 26.9 Å². The lowest BCUT2D eigenvalue weighted by Gasteiger charge is -2.04. The van der Waals surface area contributed by atoms with Crippen LogP contribution in [0.4, 0.5) is 10.7 Å². The zero-order valence-electron chi connectivity index (χ0n) is 13.1. The maximum Gasteiger partial charge on any atom is 0.333 e. The molecule has 24 heavy (non-hydrogen) atoms. The number of esters is 1. The molecule has 2 rings (SSSR count). The van der Waals surface area contributed by atoms with E-state index in [2.05, 4.69) is 16.8 Å². The third kappa shape index (κ3) is 5.34. The fourth-order valence-electron chi connectivity index (χ4n) is 1.55. The van der Waals surface area contributed by atoms with Crippen molar-refractivity contribution in [2.45, 2.75) is 6.92 Å². The first-order valence-corrected chi connectivity index (χ1v) is 7.87. The summed E-state index contributed by atoms with van der Waals surface area (Å²) in [5, 5.41) is 18.3. The van der Waals surface area contributed by atoms with Gasteiger partial charge in [-0.15, -0.1) is 10.2 Å². The lowest BCUT2D eigenvalue weighted by molar-refractivity contribution is -0.139. The molecule has 6 nitrogen and oxygen atoms in total. The molecule has 0 aliphatic rings. The largest absolute Gasteiger partial charge is 0.480 e. The minimum absolute atomic E-state index is 0.158. The first kappa shape index (κ1) is 17.4. The monoisotopic (exact) mass is 341 g/mol. The predicted octanol–water partition coefficient (Wildman–Crippen LogP) is 4.53. The number of carbonyl (C=O) groups excluding carboxylic acids is 1. The van der Waals surface area contributed by atoms with Gasteiger partial charge in [0.25, 0.3) is 0 Å². The standard InChI is InChI=1S/C17H15N3O3S/c1-12(2)17(21)23-10-9-22-16-8-7-15(24-16)20-19-14-5-3-13(11-18)4-6-14/h3-8H,1,9-10H2,2H3. The molecule has 0 saturated carbocycles. The van der Waals surface area contributed by atoms with Crippen molar-refractivity contribution in [3.8, 4) is 11.1 Å². The Balaban J connectivity index is 1.82. The Bertz CT molecular complexity index is 788. The van der Waals surface area contributed by atoms with Crippen molar-refractivity contribution < 1.29 is 14.3 Å². The smallest absolute Gasteiger partial charge is 0.333 e. The van der Waals surface area contributed by atoms with Crippen molar-refractivity contribution in [1.29, 1.82) is 5.26 Å². The fourth-order valence-corrected chi connectivity index (χ4v) is 2.25. The van der Waals surface area contributed by atoms with Crippen LogP contribution in [0.25, 0.3) is 0 Å². The molecule has 1 aromatic carbocycles. The molecule has 1 aromatic heterocycles. The van der Waals surface area contributed by atoms with Crippen LogP contribution in [0.5, 0.6) is 5.06 Å². The molecule has 0 radical (unpaired) electrons. The maximum absolute atomic E-state index is 11.2. The van der Waals surface area contributed by atoms with Crippen LogP contribution in [-0.4, -0.2) is 19.2 Å². The summed E-state index contributed by atoms with van der Waals surface area (Å²) in [5.74, 6) is -0.429. The zero-order valence-corrected chi connectivity index (χ0v) is 13.9. The Morgan fingerprint density at radius 1 is 1.21 bits per heavy atom. The van der Waals surface area contributed by atoms with E-state index in [1.165, 1.54) is 11.3 Å². The molecular formula is C17H15N3O3S. The molecule has 0 fully saturated rings. The summed E-state index contributed by atoms with van der Waals surface area (Å²) in [6, 6.07) is 12.4. The van der Waals surface area contributed by atoms with Crippen LogP contribution in [0.2, 0.25) is 0 Å². The van der Waals surface area contributed by atoms with Gasteiger partial charge in [0.15, 0.2) is 5.06 Å². The average molecular weight is 341 g/mol. The fraction of sp³-hybridized carbons (Fsp3) is 0.176. The lowest BCUT2D eigenvalue weighted by atomic mass is 10.2. The average Bonchev–Trinajstić information content (AvgIpc) is 3.05. The Morgan fingerprint density at radius 3 is 2.62 bits per heavy atom. The molecule has 0 unspecified atom stereocenters. The van der Waals surface area contributed by atoms with Gasteiger partial charge in [-0.25, -0.2) is 4.79 Å². The Morgan fingerprint density at radius 2 is 1.96 bits per heavy atom. The molecule has 2 aromatic rings. The topological polar surface area (TPSA) is 84.0 Å². The molecule has 0 N–H and O–H groups in total. The zero-order chi connectivity index (χ0) is 17.4. The summed E-state index contributed by atoms with van der Waals surface area (Å²) in [6.45, 7) is 5.50. The van der Waals surface area contributed by atoms with Gasteiger partial charge in [-0.3, -0.25) is 0 Å². The van der Waals surface area contributed by atoms with Crippen molar-refractivity contribution >= 4 is 28.0 Å². The third-order valence-corrected chi connectivity index (χ3v) is 3.62. The molecule has 0 atom stereocenters. The van der Waals surface area contributed by atoms with Crippen molar-refractivity contribution in [3.63, 3.8) is 0 Å². The first-order valence-electron chi connectivity index (χ1n) is 7.05. The van der Waals surface area contributed by atoms with E-state index in [9.17, 15) is 4.79 Å². The molecule has 0 aliphatic carbocycles. The minimum atomic E-state index is -0.429. The van der Waals surface area contributed by atoms with Gasteiger partial charge in [-0.1, -0.05) is 17.9 Å². The highest BCUT2D eigenvalue weighted by Crippen LogP contribution is 2.32. The molecule has 0 bridgehead atoms. The number of hydrogen-bond acceptors (Lipinski definition) is 7. The number of nitriles is 1. The molecular weight excluding hydrogens is 326 g/mol. The SMILES string of the molecule is C=C(C)C(=O)OCCOc1ccc(N=Nc2ccc(C#N)cc2)s1. The van der Waals surface area contributed by atoms with Crippen LogP contribution >= 0.6 is 11.3 Å². The first-order chi connectivity index (χ1) is 11.6. The number of rotatable bonds is 7. The van der Waals surface area contributed by atoms with E-state index >= 15 is 0 Å². The highest BCUT2D eigenvalue weighted by atomic mass is 32.1. The van der Waals surface area contributed by atoms with E-state index in [1.807, 2.05) is 6.07 Å². The normalized spacial score (nSPS) is 10.3. The number of nitrogens with zero attached hydrogens (tertiary/aromatic N) is 3. The molecule has 7 heteroatoms. The van der Waals surface area contributed by atoms with Crippen molar-refractivity contribution in [2.24, 2.45) is 10.2 Å². The molecule has 0 saturated heterocycles. The van der Waals surface area contributed by atoms with Crippen LogP contribution < -0.4 is 4.74 Å². The quantitative estimate of drug-likeness (QED) is 0.320. The number of ether oxygens (including phenoxy) is 2. The van der Waals surface area contributed by atoms with Gasteiger partial charge >= 0.3 is 5.97 Å². The molecule has 0 spiro atoms. The van der Waals surface area contributed by atoms with Gasteiger partial charge in [0.05, 0.1) is 17.3 Å². The number of hydrogen-bond donors (Lipinski definition) is 0. The highest BCUT2D eigenvalue weighted by Gasteiger charge is 2.04. The predicted molar refractivity (Wildman–Crippen MR) is 90.9 cm³/mol. The van der Waals surface area contributed by atoms with E-state index in [4.69, 9.17) is 14.7 Å². The summed E-state index contributed by atoms with van der Waals surface area (Å²) in [7, 11) is 0. The summed E-state index contributed by atoms with van der Waals surface area (Å²) in [5.41, 5.74) is 1.60. The lowest BCUT2D eigenvalue weighted by Crippen LogP contribution is -2.11. The minimum Gasteiger partial charge on any atom is -0.480 e. The summed E-state index contributed by atoms with van der Waals surface area (Å²) in [6.07, 6.45) is 0. The summed E-state index contributed by atoms with van der Waals surface area (Å²) < 4.78 is 10.4. The number of carbonyl (C=O) groups is 1. The molecule has 0 aliphatic heterocycles. The second-order valence-corrected chi connectivity index (χ2v) is 5.74. The van der Waals surface area contributed by atoms with Crippen LogP contribution in [0.1, 0.15) is 12.5 Å². The van der Waals surface area contributed by atoms with E-state index in [0.717, 1.165) is 0 Å².